The Morgan fingerprint density at radius 2 is 1.86 bits per heavy atom. The number of ether oxygens (including phenoxy) is 1. The summed E-state index contributed by atoms with van der Waals surface area (Å²) in [5.74, 6) is 0.124. The highest BCUT2D eigenvalue weighted by molar-refractivity contribution is 7.90. The Balaban J connectivity index is 1.47. The molecule has 1 aliphatic heterocycles. The molecule has 1 saturated heterocycles. The third-order valence-electron chi connectivity index (χ3n) is 6.21. The van der Waals surface area contributed by atoms with Gasteiger partial charge in [0.15, 0.2) is 5.82 Å². The summed E-state index contributed by atoms with van der Waals surface area (Å²) in [5.41, 5.74) is 2.50. The molecule has 2 fully saturated rings. The van der Waals surface area contributed by atoms with Gasteiger partial charge in [0, 0.05) is 35.7 Å². The molecule has 160 valence electrons. The van der Waals surface area contributed by atoms with Crippen molar-refractivity contribution in [3.05, 3.63) is 29.7 Å². The molecule has 2 aliphatic rings. The molecule has 1 aromatic carbocycles. The Morgan fingerprint density at radius 1 is 1.17 bits per heavy atom. The number of H-pyrrole nitrogens is 1. The van der Waals surface area contributed by atoms with E-state index in [-0.39, 0.29) is 11.9 Å². The van der Waals surface area contributed by atoms with Crippen LogP contribution in [0.5, 0.6) is 0 Å². The van der Waals surface area contributed by atoms with E-state index >= 15 is 4.39 Å². The molecule has 6 nitrogen and oxygen atoms in total. The molecule has 2 N–H and O–H groups in total. The third kappa shape index (κ3) is 4.29. The van der Waals surface area contributed by atoms with Gasteiger partial charge in [-0.2, -0.15) is 0 Å². The van der Waals surface area contributed by atoms with Crippen molar-refractivity contribution in [1.82, 2.24) is 9.71 Å². The van der Waals surface area contributed by atoms with Gasteiger partial charge in [-0.25, -0.2) is 17.5 Å². The van der Waals surface area contributed by atoms with Gasteiger partial charge in [-0.05, 0) is 63.6 Å². The van der Waals surface area contributed by atoms with Crippen LogP contribution in [-0.2, 0) is 14.8 Å². The van der Waals surface area contributed by atoms with E-state index in [2.05, 4.69) is 9.71 Å². The molecule has 0 spiro atoms. The number of fused-ring (bicyclic) bond motifs is 1. The maximum atomic E-state index is 15.2. The van der Waals surface area contributed by atoms with Gasteiger partial charge in [-0.15, -0.1) is 0 Å². The van der Waals surface area contributed by atoms with Crippen molar-refractivity contribution in [2.75, 3.05) is 31.2 Å². The van der Waals surface area contributed by atoms with Crippen LogP contribution in [0, 0.1) is 5.82 Å². The van der Waals surface area contributed by atoms with Crippen LogP contribution in [0.25, 0.3) is 10.9 Å². The lowest BCUT2D eigenvalue weighted by molar-refractivity contribution is 0.122. The molecule has 29 heavy (non-hydrogen) atoms. The van der Waals surface area contributed by atoms with Crippen molar-refractivity contribution in [2.24, 2.45) is 0 Å². The molecular formula is C21H30FN3O3S. The molecule has 2 aromatic rings. The molecule has 1 saturated carbocycles. The monoisotopic (exact) mass is 423 g/mol. The molecule has 0 atom stereocenters. The maximum absolute atomic E-state index is 15.2. The molecule has 8 heteroatoms. The average Bonchev–Trinajstić information content (AvgIpc) is 3.14. The number of morpholine rings is 1. The number of sulfonamides is 1. The predicted molar refractivity (Wildman–Crippen MR) is 113 cm³/mol. The van der Waals surface area contributed by atoms with Crippen LogP contribution in [-0.4, -0.2) is 51.0 Å². The minimum Gasteiger partial charge on any atom is -0.378 e. The Hall–Kier alpha value is -1.64. The van der Waals surface area contributed by atoms with E-state index in [1.165, 1.54) is 0 Å². The van der Waals surface area contributed by atoms with E-state index in [1.807, 2.05) is 23.1 Å². The molecule has 0 bridgehead atoms. The summed E-state index contributed by atoms with van der Waals surface area (Å²) in [6.45, 7) is 6.04. The van der Waals surface area contributed by atoms with Gasteiger partial charge in [-0.1, -0.05) is 0 Å². The van der Waals surface area contributed by atoms with E-state index in [1.54, 1.807) is 13.8 Å². The van der Waals surface area contributed by atoms with E-state index in [0.29, 0.717) is 43.3 Å². The van der Waals surface area contributed by atoms with Gasteiger partial charge in [0.25, 0.3) is 0 Å². The zero-order valence-electron chi connectivity index (χ0n) is 17.1. The number of aromatic amines is 1. The molecule has 2 heterocycles. The Kier molecular flexibility index (Phi) is 5.86. The maximum Gasteiger partial charge on any atom is 0.214 e. The van der Waals surface area contributed by atoms with Crippen LogP contribution in [0.4, 0.5) is 10.1 Å². The Labute approximate surface area is 171 Å². The predicted octanol–water partition coefficient (Wildman–Crippen LogP) is 3.50. The number of rotatable bonds is 5. The lowest BCUT2D eigenvalue weighted by atomic mass is 9.84. The number of anilines is 1. The van der Waals surface area contributed by atoms with E-state index in [4.69, 9.17) is 4.74 Å². The fourth-order valence-corrected chi connectivity index (χ4v) is 5.31. The second-order valence-electron chi connectivity index (χ2n) is 8.44. The topological polar surface area (TPSA) is 74.4 Å². The van der Waals surface area contributed by atoms with Gasteiger partial charge >= 0.3 is 0 Å². The summed E-state index contributed by atoms with van der Waals surface area (Å²) in [5, 5.41) is 0.212. The zero-order chi connectivity index (χ0) is 20.6. The van der Waals surface area contributed by atoms with E-state index < -0.39 is 15.3 Å². The summed E-state index contributed by atoms with van der Waals surface area (Å²) in [6.07, 6.45) is 3.37. The molecule has 4 rings (SSSR count). The van der Waals surface area contributed by atoms with Crippen LogP contribution >= 0.6 is 0 Å². The van der Waals surface area contributed by atoms with Crippen molar-refractivity contribution < 1.29 is 17.5 Å². The zero-order valence-corrected chi connectivity index (χ0v) is 17.9. The first-order valence-corrected chi connectivity index (χ1v) is 12.0. The van der Waals surface area contributed by atoms with Crippen LogP contribution in [0.2, 0.25) is 0 Å². The Bertz CT molecular complexity index is 959. The standard InChI is InChI=1S/C21H30FN3O3S/c1-14(2)29(26,27)24-16-5-3-15(4-6-16)19-13-17-18(23-19)7-8-20(21(17)22)25-9-11-28-12-10-25/h7-8,13-16,23-24H,3-6,9-12H2,1-2H3. The number of aromatic nitrogens is 1. The van der Waals surface area contributed by atoms with Crippen LogP contribution in [0.3, 0.4) is 0 Å². The average molecular weight is 424 g/mol. The summed E-state index contributed by atoms with van der Waals surface area (Å²) in [4.78, 5) is 5.43. The quantitative estimate of drug-likeness (QED) is 0.772. The van der Waals surface area contributed by atoms with Gasteiger partial charge in [-0.3, -0.25) is 0 Å². The summed E-state index contributed by atoms with van der Waals surface area (Å²) in [6, 6.07) is 5.74. The fourth-order valence-electron chi connectivity index (χ4n) is 4.34. The lowest BCUT2D eigenvalue weighted by Gasteiger charge is -2.29. The van der Waals surface area contributed by atoms with E-state index in [9.17, 15) is 8.42 Å². The van der Waals surface area contributed by atoms with Gasteiger partial charge in [0.1, 0.15) is 0 Å². The number of nitrogens with zero attached hydrogens (tertiary/aromatic N) is 1. The van der Waals surface area contributed by atoms with E-state index in [0.717, 1.165) is 36.9 Å². The Morgan fingerprint density at radius 3 is 2.52 bits per heavy atom. The lowest BCUT2D eigenvalue weighted by Crippen LogP contribution is -2.40. The third-order valence-corrected chi connectivity index (χ3v) is 8.11. The summed E-state index contributed by atoms with van der Waals surface area (Å²) in [7, 11) is -3.24. The SMILES string of the molecule is CC(C)S(=O)(=O)NC1CCC(c2cc3c(F)c(N4CCOCC4)ccc3[nH]2)CC1. The highest BCUT2D eigenvalue weighted by Gasteiger charge is 2.28. The van der Waals surface area contributed by atoms with Crippen LogP contribution in [0.1, 0.15) is 51.1 Å². The minimum absolute atomic E-state index is 0.00677. The van der Waals surface area contributed by atoms with Crippen molar-refractivity contribution >= 4 is 26.6 Å². The second-order valence-corrected chi connectivity index (χ2v) is 10.7. The smallest absolute Gasteiger partial charge is 0.214 e. The fraction of sp³-hybridized carbons (Fsp3) is 0.619. The molecule has 0 unspecified atom stereocenters. The van der Waals surface area contributed by atoms with Crippen molar-refractivity contribution in [3.63, 3.8) is 0 Å². The number of nitrogens with one attached hydrogen (secondary N) is 2. The van der Waals surface area contributed by atoms with Crippen LogP contribution in [0.15, 0.2) is 18.2 Å². The summed E-state index contributed by atoms with van der Waals surface area (Å²) < 4.78 is 47.6. The minimum atomic E-state index is -3.24. The first-order valence-electron chi connectivity index (χ1n) is 10.5. The highest BCUT2D eigenvalue weighted by atomic mass is 32.2. The number of hydrogen-bond acceptors (Lipinski definition) is 4. The molecule has 0 radical (unpaired) electrons. The molecule has 1 aliphatic carbocycles. The van der Waals surface area contributed by atoms with Crippen molar-refractivity contribution in [3.8, 4) is 0 Å². The molecule has 0 amide bonds. The van der Waals surface area contributed by atoms with Crippen molar-refractivity contribution in [2.45, 2.75) is 56.7 Å². The van der Waals surface area contributed by atoms with Crippen LogP contribution < -0.4 is 9.62 Å². The second kappa shape index (κ2) is 8.24. The van der Waals surface area contributed by atoms with Crippen molar-refractivity contribution in [1.29, 1.82) is 0 Å². The van der Waals surface area contributed by atoms with Gasteiger partial charge in [0.05, 0.1) is 24.2 Å². The van der Waals surface area contributed by atoms with Gasteiger partial charge in [0.2, 0.25) is 10.0 Å². The number of halogens is 1. The van der Waals surface area contributed by atoms with Gasteiger partial charge < -0.3 is 14.6 Å². The number of hydrogen-bond donors (Lipinski definition) is 2. The first kappa shape index (κ1) is 20.6. The normalized spacial score (nSPS) is 23.8. The summed E-state index contributed by atoms with van der Waals surface area (Å²) >= 11 is 0. The molecule has 1 aromatic heterocycles. The largest absolute Gasteiger partial charge is 0.378 e. The molecular weight excluding hydrogens is 393 g/mol. The number of benzene rings is 1. The first-order chi connectivity index (χ1) is 13.8. The highest BCUT2D eigenvalue weighted by Crippen LogP contribution is 2.36.